The summed E-state index contributed by atoms with van der Waals surface area (Å²) in [5.41, 5.74) is 26.3. The highest BCUT2D eigenvalue weighted by Crippen LogP contribution is 2.65. The number of benzene rings is 9. The van der Waals surface area contributed by atoms with Crippen LogP contribution in [0.1, 0.15) is 44.5 Å². The van der Waals surface area contributed by atoms with Gasteiger partial charge in [0.25, 0.3) is 0 Å². The van der Waals surface area contributed by atoms with Crippen molar-refractivity contribution in [3.63, 3.8) is 0 Å². The van der Waals surface area contributed by atoms with E-state index >= 15 is 0 Å². The van der Waals surface area contributed by atoms with Crippen molar-refractivity contribution in [3.8, 4) is 55.6 Å². The number of hydrogen-bond acceptors (Lipinski definition) is 1. The molecule has 9 aromatic carbocycles. The summed E-state index contributed by atoms with van der Waals surface area (Å²) in [5.74, 6) is 0. The van der Waals surface area contributed by atoms with E-state index < -0.39 is 5.41 Å². The molecular weight excluding hydrogens is 723 g/mol. The maximum Gasteiger partial charge on any atom is 0.0731 e. The molecule has 0 amide bonds. The highest BCUT2D eigenvalue weighted by Gasteiger charge is 2.53. The van der Waals surface area contributed by atoms with Crippen LogP contribution in [0.4, 0.5) is 17.1 Å². The maximum atomic E-state index is 2.46. The third-order valence-corrected chi connectivity index (χ3v) is 13.0. The van der Waals surface area contributed by atoms with E-state index in [1.807, 2.05) is 0 Å². The van der Waals surface area contributed by atoms with Gasteiger partial charge in [-0.05, 0) is 148 Å². The van der Waals surface area contributed by atoms with E-state index in [-0.39, 0.29) is 0 Å². The molecule has 286 valence electrons. The fourth-order valence-corrected chi connectivity index (χ4v) is 10.2. The number of aryl methyl sites for hydroxylation is 4. The van der Waals surface area contributed by atoms with Gasteiger partial charge in [-0.3, -0.25) is 0 Å². The molecule has 0 aliphatic heterocycles. The average Bonchev–Trinajstić information content (AvgIpc) is 3.73. The first-order chi connectivity index (χ1) is 29.4. The van der Waals surface area contributed by atoms with Gasteiger partial charge in [-0.2, -0.15) is 0 Å². The molecular formula is C59H45N. The van der Waals surface area contributed by atoms with Gasteiger partial charge in [-0.15, -0.1) is 0 Å². The molecule has 11 rings (SSSR count). The lowest BCUT2D eigenvalue weighted by Crippen LogP contribution is -2.27. The largest absolute Gasteiger partial charge is 0.311 e. The van der Waals surface area contributed by atoms with Crippen LogP contribution in [0.3, 0.4) is 0 Å². The van der Waals surface area contributed by atoms with Crippen LogP contribution in [-0.4, -0.2) is 0 Å². The van der Waals surface area contributed by atoms with Crippen molar-refractivity contribution < 1.29 is 0 Å². The number of rotatable bonds is 6. The Morgan fingerprint density at radius 1 is 0.317 bits per heavy atom. The molecule has 0 bridgehead atoms. The van der Waals surface area contributed by atoms with Gasteiger partial charge in [0.1, 0.15) is 0 Å². The molecule has 0 radical (unpaired) electrons. The lowest BCUT2D eigenvalue weighted by molar-refractivity contribution is 0.791. The van der Waals surface area contributed by atoms with Gasteiger partial charge in [0, 0.05) is 17.1 Å². The lowest BCUT2D eigenvalue weighted by atomic mass is 9.67. The molecule has 0 fully saturated rings. The Labute approximate surface area is 353 Å². The Bertz CT molecular complexity index is 2930. The minimum absolute atomic E-state index is 0.438. The standard InChI is InChI=1S/C59H45N/c1-38-15-31-50-51-32-16-39(2)36-55(51)59(54(50)35-38)56-37-40(3)17-33-52(56)53-34-18-41(4)57(58(53)59)46-23-29-49(30-24-46)60(47-25-19-44(20-26-47)42-11-7-5-8-12-42)48-27-21-45(22-28-48)43-13-9-6-10-14-43/h5-37H,1-4H3. The molecule has 0 unspecified atom stereocenters. The van der Waals surface area contributed by atoms with Crippen LogP contribution in [0, 0.1) is 27.7 Å². The van der Waals surface area contributed by atoms with Gasteiger partial charge in [-0.1, -0.05) is 180 Å². The van der Waals surface area contributed by atoms with E-state index in [1.165, 1.54) is 100 Å². The topological polar surface area (TPSA) is 3.24 Å². The van der Waals surface area contributed by atoms with E-state index in [2.05, 4.69) is 233 Å². The summed E-state index contributed by atoms with van der Waals surface area (Å²) in [5, 5.41) is 0. The summed E-state index contributed by atoms with van der Waals surface area (Å²) in [6.07, 6.45) is 0. The lowest BCUT2D eigenvalue weighted by Gasteiger charge is -2.33. The number of anilines is 3. The molecule has 1 spiro atoms. The minimum Gasteiger partial charge on any atom is -0.311 e. The van der Waals surface area contributed by atoms with Crippen molar-refractivity contribution in [2.75, 3.05) is 4.90 Å². The van der Waals surface area contributed by atoms with Crippen molar-refractivity contribution in [2.45, 2.75) is 33.1 Å². The molecule has 1 nitrogen and oxygen atoms in total. The average molecular weight is 768 g/mol. The van der Waals surface area contributed by atoms with Crippen LogP contribution in [-0.2, 0) is 5.41 Å². The number of nitrogens with zero attached hydrogens (tertiary/aromatic N) is 1. The smallest absolute Gasteiger partial charge is 0.0731 e. The Morgan fingerprint density at radius 3 is 1.08 bits per heavy atom. The fraction of sp³-hybridized carbons (Fsp3) is 0.0847. The first kappa shape index (κ1) is 35.9. The monoisotopic (exact) mass is 767 g/mol. The summed E-state index contributed by atoms with van der Waals surface area (Å²) in [6, 6.07) is 74.5. The van der Waals surface area contributed by atoms with Crippen LogP contribution >= 0.6 is 0 Å². The first-order valence-corrected chi connectivity index (χ1v) is 21.1. The summed E-state index contributed by atoms with van der Waals surface area (Å²) in [7, 11) is 0. The molecule has 60 heavy (non-hydrogen) atoms. The Kier molecular flexibility index (Phi) is 8.36. The van der Waals surface area contributed by atoms with Crippen LogP contribution in [0.5, 0.6) is 0 Å². The van der Waals surface area contributed by atoms with Crippen molar-refractivity contribution >= 4 is 17.1 Å². The second-order valence-corrected chi connectivity index (χ2v) is 16.8. The van der Waals surface area contributed by atoms with Gasteiger partial charge in [0.2, 0.25) is 0 Å². The summed E-state index contributed by atoms with van der Waals surface area (Å²) < 4.78 is 0. The van der Waals surface area contributed by atoms with E-state index in [1.54, 1.807) is 0 Å². The van der Waals surface area contributed by atoms with E-state index in [0.717, 1.165) is 17.1 Å². The highest BCUT2D eigenvalue weighted by atomic mass is 15.1. The quantitative estimate of drug-likeness (QED) is 0.163. The fourth-order valence-electron chi connectivity index (χ4n) is 10.2. The minimum atomic E-state index is -0.438. The second kappa shape index (κ2) is 14.0. The number of hydrogen-bond donors (Lipinski definition) is 0. The van der Waals surface area contributed by atoms with Crippen molar-refractivity contribution in [1.29, 1.82) is 0 Å². The Balaban J connectivity index is 1.09. The molecule has 2 aliphatic rings. The molecule has 0 saturated carbocycles. The molecule has 0 saturated heterocycles. The van der Waals surface area contributed by atoms with Crippen molar-refractivity contribution in [1.82, 2.24) is 0 Å². The van der Waals surface area contributed by atoms with Gasteiger partial charge < -0.3 is 4.90 Å². The van der Waals surface area contributed by atoms with Crippen LogP contribution in [0.25, 0.3) is 55.6 Å². The highest BCUT2D eigenvalue weighted by molar-refractivity contribution is 6.00. The van der Waals surface area contributed by atoms with Crippen LogP contribution in [0.15, 0.2) is 200 Å². The van der Waals surface area contributed by atoms with Crippen LogP contribution in [0.2, 0.25) is 0 Å². The normalized spacial score (nSPS) is 12.8. The van der Waals surface area contributed by atoms with Gasteiger partial charge in [-0.25, -0.2) is 0 Å². The second-order valence-electron chi connectivity index (χ2n) is 16.8. The Morgan fingerprint density at radius 2 is 0.667 bits per heavy atom. The molecule has 0 N–H and O–H groups in total. The van der Waals surface area contributed by atoms with E-state index in [4.69, 9.17) is 0 Å². The predicted octanol–water partition coefficient (Wildman–Crippen LogP) is 15.7. The van der Waals surface area contributed by atoms with Gasteiger partial charge in [0.15, 0.2) is 0 Å². The molecule has 0 atom stereocenters. The van der Waals surface area contributed by atoms with Gasteiger partial charge in [0.05, 0.1) is 5.41 Å². The third kappa shape index (κ3) is 5.53. The molecule has 2 aliphatic carbocycles. The maximum absolute atomic E-state index is 2.46. The summed E-state index contributed by atoms with van der Waals surface area (Å²) in [4.78, 5) is 2.38. The summed E-state index contributed by atoms with van der Waals surface area (Å²) in [6.45, 7) is 9.01. The van der Waals surface area contributed by atoms with E-state index in [9.17, 15) is 0 Å². The Hall–Kier alpha value is -7.22. The van der Waals surface area contributed by atoms with E-state index in [0.29, 0.717) is 0 Å². The zero-order valence-corrected chi connectivity index (χ0v) is 34.5. The molecule has 1 heteroatoms. The zero-order valence-electron chi connectivity index (χ0n) is 34.5. The molecule has 0 heterocycles. The first-order valence-electron chi connectivity index (χ1n) is 21.1. The number of fused-ring (bicyclic) bond motifs is 10. The molecule has 0 aromatic heterocycles. The predicted molar refractivity (Wildman–Crippen MR) is 253 cm³/mol. The summed E-state index contributed by atoms with van der Waals surface area (Å²) >= 11 is 0. The van der Waals surface area contributed by atoms with Crippen molar-refractivity contribution in [2.24, 2.45) is 0 Å². The third-order valence-electron chi connectivity index (χ3n) is 13.0. The van der Waals surface area contributed by atoms with Gasteiger partial charge >= 0.3 is 0 Å². The zero-order chi connectivity index (χ0) is 40.5. The molecule has 9 aromatic rings. The van der Waals surface area contributed by atoms with Crippen LogP contribution < -0.4 is 4.90 Å². The SMILES string of the molecule is Cc1ccc2c(c1)C1(c3cc(C)ccc3-2)c2cc(C)ccc2-c2ccc(C)c(-c3ccc(N(c4ccc(-c5ccccc5)cc4)c4ccc(-c5ccccc5)cc4)cc3)c21. The van der Waals surface area contributed by atoms with Crippen molar-refractivity contribution in [3.05, 3.63) is 245 Å².